The smallest absolute Gasteiger partial charge is 0.133 e. The topological polar surface area (TPSA) is 37.3 Å². The van der Waals surface area contributed by atoms with E-state index in [-0.39, 0.29) is 22.9 Å². The number of ketones is 1. The maximum Gasteiger partial charge on any atom is 0.133 e. The molecule has 0 spiro atoms. The molecular formula is C29H48O2. The van der Waals surface area contributed by atoms with Gasteiger partial charge in [-0.1, -0.05) is 48.0 Å². The Morgan fingerprint density at radius 2 is 1.39 bits per heavy atom. The number of carbonyl (C=O) groups is 1. The lowest BCUT2D eigenvalue weighted by Gasteiger charge is -2.73. The van der Waals surface area contributed by atoms with Crippen LogP contribution in [0.4, 0.5) is 0 Å². The zero-order chi connectivity index (χ0) is 22.6. The van der Waals surface area contributed by atoms with Crippen LogP contribution in [0, 0.1) is 56.7 Å². The van der Waals surface area contributed by atoms with Gasteiger partial charge in [0.25, 0.3) is 0 Å². The highest BCUT2D eigenvalue weighted by Gasteiger charge is 2.71. The normalized spacial score (nSPS) is 57.9. The second-order valence-corrected chi connectivity index (χ2v) is 14.4. The maximum atomic E-state index is 12.5. The number of hydrogen-bond donors (Lipinski definition) is 1. The molecule has 10 unspecified atom stereocenters. The van der Waals surface area contributed by atoms with Crippen LogP contribution in [0.3, 0.4) is 0 Å². The van der Waals surface area contributed by atoms with Crippen molar-refractivity contribution in [1.82, 2.24) is 0 Å². The van der Waals surface area contributed by atoms with Gasteiger partial charge in [-0.2, -0.15) is 0 Å². The molecule has 5 saturated carbocycles. The van der Waals surface area contributed by atoms with Crippen LogP contribution in [-0.4, -0.2) is 17.0 Å². The van der Waals surface area contributed by atoms with Crippen LogP contribution in [0.1, 0.15) is 113 Å². The second kappa shape index (κ2) is 6.61. The SMILES string of the molecule is CC(=O)C1CC(O)C2(C)C1CCC1(C)C2CCC2C3(C)CCCC(C)(C)C3CCC21C. The molecule has 0 aromatic carbocycles. The lowest BCUT2D eigenvalue weighted by molar-refractivity contribution is -0.249. The first-order valence-corrected chi connectivity index (χ1v) is 13.5. The lowest BCUT2D eigenvalue weighted by atomic mass is 9.32. The Labute approximate surface area is 191 Å². The Morgan fingerprint density at radius 3 is 2.06 bits per heavy atom. The van der Waals surface area contributed by atoms with E-state index in [9.17, 15) is 9.90 Å². The quantitative estimate of drug-likeness (QED) is 0.486. The third-order valence-corrected chi connectivity index (χ3v) is 13.3. The predicted octanol–water partition coefficient (Wildman–Crippen LogP) is 7.04. The third-order valence-electron chi connectivity index (χ3n) is 13.3. The number of aliphatic hydroxyl groups excluding tert-OH is 1. The monoisotopic (exact) mass is 428 g/mol. The summed E-state index contributed by atoms with van der Waals surface area (Å²) in [6, 6.07) is 0. The van der Waals surface area contributed by atoms with Gasteiger partial charge in [0.2, 0.25) is 0 Å². The Kier molecular flexibility index (Phi) is 4.78. The summed E-state index contributed by atoms with van der Waals surface area (Å²) in [7, 11) is 0. The van der Waals surface area contributed by atoms with Gasteiger partial charge in [-0.25, -0.2) is 0 Å². The minimum atomic E-state index is -0.309. The van der Waals surface area contributed by atoms with E-state index in [0.717, 1.165) is 18.3 Å². The van der Waals surface area contributed by atoms with Crippen molar-refractivity contribution in [1.29, 1.82) is 0 Å². The van der Waals surface area contributed by atoms with E-state index in [1.165, 1.54) is 51.4 Å². The summed E-state index contributed by atoms with van der Waals surface area (Å²) in [5.41, 5.74) is 1.50. The molecule has 5 aliphatic rings. The molecule has 2 heteroatoms. The molecule has 0 aliphatic heterocycles. The van der Waals surface area contributed by atoms with Crippen molar-refractivity contribution in [2.75, 3.05) is 0 Å². The average molecular weight is 429 g/mol. The molecular weight excluding hydrogens is 380 g/mol. The Balaban J connectivity index is 1.55. The Bertz CT molecular complexity index is 771. The minimum absolute atomic E-state index is 0.0824. The summed E-state index contributed by atoms with van der Waals surface area (Å²) in [6.07, 6.45) is 12.3. The van der Waals surface area contributed by atoms with Crippen LogP contribution in [0.25, 0.3) is 0 Å². The summed E-state index contributed by atoms with van der Waals surface area (Å²) in [4.78, 5) is 12.5. The van der Waals surface area contributed by atoms with Crippen molar-refractivity contribution in [3.8, 4) is 0 Å². The number of carbonyl (C=O) groups excluding carboxylic acids is 1. The summed E-state index contributed by atoms with van der Waals surface area (Å²) in [5.74, 6) is 3.01. The fraction of sp³-hybridized carbons (Fsp3) is 0.966. The largest absolute Gasteiger partial charge is 0.393 e. The zero-order valence-electron chi connectivity index (χ0n) is 21.4. The third kappa shape index (κ3) is 2.58. The van der Waals surface area contributed by atoms with Gasteiger partial charge in [0.1, 0.15) is 5.78 Å². The first-order valence-electron chi connectivity index (χ1n) is 13.5. The molecule has 0 amide bonds. The van der Waals surface area contributed by atoms with Crippen LogP contribution < -0.4 is 0 Å². The van der Waals surface area contributed by atoms with E-state index < -0.39 is 0 Å². The van der Waals surface area contributed by atoms with Crippen LogP contribution >= 0.6 is 0 Å². The van der Waals surface area contributed by atoms with Gasteiger partial charge in [-0.05, 0) is 110 Å². The lowest BCUT2D eigenvalue weighted by Crippen LogP contribution is -2.66. The van der Waals surface area contributed by atoms with Crippen molar-refractivity contribution >= 4 is 5.78 Å². The Morgan fingerprint density at radius 1 is 0.774 bits per heavy atom. The van der Waals surface area contributed by atoms with Gasteiger partial charge < -0.3 is 5.11 Å². The van der Waals surface area contributed by atoms with E-state index in [2.05, 4.69) is 41.5 Å². The van der Waals surface area contributed by atoms with Crippen molar-refractivity contribution in [3.05, 3.63) is 0 Å². The van der Waals surface area contributed by atoms with Crippen LogP contribution in [0.5, 0.6) is 0 Å². The van der Waals surface area contributed by atoms with Gasteiger partial charge in [-0.3, -0.25) is 4.79 Å². The fourth-order valence-corrected chi connectivity index (χ4v) is 11.7. The molecule has 5 fully saturated rings. The highest BCUT2D eigenvalue weighted by molar-refractivity contribution is 5.79. The molecule has 5 rings (SSSR count). The van der Waals surface area contributed by atoms with Crippen molar-refractivity contribution in [2.24, 2.45) is 56.7 Å². The summed E-state index contributed by atoms with van der Waals surface area (Å²) < 4.78 is 0. The highest BCUT2D eigenvalue weighted by Crippen LogP contribution is 2.77. The van der Waals surface area contributed by atoms with E-state index >= 15 is 0 Å². The number of aliphatic hydroxyl groups is 1. The molecule has 1 N–H and O–H groups in total. The first-order chi connectivity index (χ1) is 14.3. The molecule has 0 aromatic heterocycles. The molecule has 0 radical (unpaired) electrons. The first kappa shape index (κ1) is 22.4. The van der Waals surface area contributed by atoms with E-state index in [4.69, 9.17) is 0 Å². The van der Waals surface area contributed by atoms with Crippen LogP contribution in [0.2, 0.25) is 0 Å². The number of hydrogen-bond acceptors (Lipinski definition) is 2. The molecule has 0 heterocycles. The average Bonchev–Trinajstić information content (AvgIpc) is 2.93. The van der Waals surface area contributed by atoms with Gasteiger partial charge in [0.15, 0.2) is 0 Å². The summed E-state index contributed by atoms with van der Waals surface area (Å²) in [6.45, 7) is 17.2. The van der Waals surface area contributed by atoms with Crippen LogP contribution in [0.15, 0.2) is 0 Å². The fourth-order valence-electron chi connectivity index (χ4n) is 11.7. The van der Waals surface area contributed by atoms with E-state index in [1.807, 2.05) is 0 Å². The molecule has 2 nitrogen and oxygen atoms in total. The molecule has 10 atom stereocenters. The predicted molar refractivity (Wildman–Crippen MR) is 127 cm³/mol. The standard InChI is InChI=1S/C29H48O2/c1-18(30)19-17-24(31)29(7)20(19)11-15-28(6)23(29)10-9-22-26(4)14-8-13-25(2,3)21(26)12-16-27(22,28)5/h19-24,31H,8-17H2,1-7H3. The summed E-state index contributed by atoms with van der Waals surface area (Å²) in [5, 5.41) is 11.4. The molecule has 0 bridgehead atoms. The second-order valence-electron chi connectivity index (χ2n) is 14.4. The van der Waals surface area contributed by atoms with Gasteiger partial charge in [0.05, 0.1) is 6.10 Å². The molecule has 31 heavy (non-hydrogen) atoms. The minimum Gasteiger partial charge on any atom is -0.393 e. The van der Waals surface area contributed by atoms with Gasteiger partial charge in [0, 0.05) is 11.3 Å². The highest BCUT2D eigenvalue weighted by atomic mass is 16.3. The zero-order valence-corrected chi connectivity index (χ0v) is 21.4. The van der Waals surface area contributed by atoms with Crippen LogP contribution in [-0.2, 0) is 4.79 Å². The Hall–Kier alpha value is -0.370. The van der Waals surface area contributed by atoms with Gasteiger partial charge >= 0.3 is 0 Å². The van der Waals surface area contributed by atoms with Gasteiger partial charge in [-0.15, -0.1) is 0 Å². The van der Waals surface area contributed by atoms with Crippen molar-refractivity contribution < 1.29 is 9.90 Å². The number of fused-ring (bicyclic) bond motifs is 7. The number of Topliss-reactive ketones (excluding diaryl/α,β-unsaturated/α-hetero) is 1. The summed E-state index contributed by atoms with van der Waals surface area (Å²) >= 11 is 0. The van der Waals surface area contributed by atoms with Crippen molar-refractivity contribution in [3.63, 3.8) is 0 Å². The van der Waals surface area contributed by atoms with E-state index in [0.29, 0.717) is 40.3 Å². The van der Waals surface area contributed by atoms with Crippen molar-refractivity contribution in [2.45, 2.75) is 119 Å². The molecule has 5 aliphatic carbocycles. The molecule has 0 saturated heterocycles. The van der Waals surface area contributed by atoms with E-state index in [1.54, 1.807) is 6.92 Å². The molecule has 176 valence electrons. The molecule has 0 aromatic rings. The number of rotatable bonds is 1. The maximum absolute atomic E-state index is 12.5.